The number of hydrogen-bond donors (Lipinski definition) is 1. The average molecular weight is 463 g/mol. The van der Waals surface area contributed by atoms with Gasteiger partial charge in [-0.3, -0.25) is 14.4 Å². The van der Waals surface area contributed by atoms with Crippen molar-refractivity contribution >= 4 is 17.8 Å². The van der Waals surface area contributed by atoms with Gasteiger partial charge in [0.25, 0.3) is 0 Å². The third-order valence-corrected chi connectivity index (χ3v) is 7.28. The summed E-state index contributed by atoms with van der Waals surface area (Å²) in [5.41, 5.74) is -1.04. The maximum absolute atomic E-state index is 14.0. The summed E-state index contributed by atoms with van der Waals surface area (Å²) in [6.07, 6.45) is 6.72. The molecule has 3 aliphatic rings. The molecule has 0 aromatic heterocycles. The molecule has 2 bridgehead atoms. The second-order valence-corrected chi connectivity index (χ2v) is 9.33. The summed E-state index contributed by atoms with van der Waals surface area (Å²) in [5.74, 6) is -2.33. The van der Waals surface area contributed by atoms with Crippen molar-refractivity contribution < 1.29 is 29.0 Å². The van der Waals surface area contributed by atoms with E-state index in [4.69, 9.17) is 9.47 Å². The molecule has 1 spiro atoms. The van der Waals surface area contributed by atoms with Crippen LogP contribution in [0.5, 0.6) is 0 Å². The minimum Gasteiger partial charge on any atom is -0.465 e. The summed E-state index contributed by atoms with van der Waals surface area (Å²) in [5, 5.41) is 9.42. The molecule has 184 valence electrons. The Kier molecular flexibility index (Phi) is 8.34. The third-order valence-electron chi connectivity index (χ3n) is 7.28. The molecule has 0 aromatic carbocycles. The van der Waals surface area contributed by atoms with Crippen LogP contribution < -0.4 is 0 Å². The molecule has 3 saturated heterocycles. The van der Waals surface area contributed by atoms with Crippen LogP contribution in [-0.2, 0) is 23.9 Å². The Bertz CT molecular complexity index is 770. The number of likely N-dealkylation sites (tertiary alicyclic amines) is 1. The number of ether oxygens (including phenoxy) is 2. The van der Waals surface area contributed by atoms with Gasteiger partial charge in [-0.2, -0.15) is 0 Å². The highest BCUT2D eigenvalue weighted by atomic mass is 16.6. The number of aliphatic hydroxyl groups excluding tert-OH is 1. The first-order valence-electron chi connectivity index (χ1n) is 12.2. The number of carbonyl (C=O) groups is 3. The normalized spacial score (nSPS) is 30.8. The highest BCUT2D eigenvalue weighted by Crippen LogP contribution is 2.58. The van der Waals surface area contributed by atoms with E-state index in [0.29, 0.717) is 32.2 Å². The van der Waals surface area contributed by atoms with E-state index in [1.807, 2.05) is 6.92 Å². The van der Waals surface area contributed by atoms with Gasteiger partial charge in [-0.05, 0) is 39.0 Å². The van der Waals surface area contributed by atoms with Gasteiger partial charge in [-0.25, -0.2) is 0 Å². The standard InChI is InChI=1S/C25H38N2O6/c1-5-8-16-32-24(31)19-18-11-12-25(33-18)20(19)22(29)27(14-9-15-28)21(25)23(30)26(13-7-3)17(4)10-6-2/h5,7,17-21,28H,1,3,6,8-16H2,2,4H3/t17?,18-,19+,20-,21?,25?/m0/s1. The molecule has 0 aliphatic carbocycles. The van der Waals surface area contributed by atoms with Crippen LogP contribution in [0, 0.1) is 11.8 Å². The molecule has 3 unspecified atom stereocenters. The Hall–Kier alpha value is -2.19. The zero-order valence-corrected chi connectivity index (χ0v) is 19.9. The fourth-order valence-corrected chi connectivity index (χ4v) is 5.88. The first-order chi connectivity index (χ1) is 15.9. The van der Waals surface area contributed by atoms with Gasteiger partial charge in [0.15, 0.2) is 0 Å². The number of amides is 2. The quantitative estimate of drug-likeness (QED) is 0.256. The van der Waals surface area contributed by atoms with Crippen LogP contribution in [0.3, 0.4) is 0 Å². The van der Waals surface area contributed by atoms with Crippen molar-refractivity contribution in [3.63, 3.8) is 0 Å². The van der Waals surface area contributed by atoms with Crippen molar-refractivity contribution in [1.29, 1.82) is 0 Å². The first-order valence-corrected chi connectivity index (χ1v) is 12.2. The lowest BCUT2D eigenvalue weighted by Crippen LogP contribution is -2.58. The van der Waals surface area contributed by atoms with E-state index in [2.05, 4.69) is 20.1 Å². The van der Waals surface area contributed by atoms with Gasteiger partial charge in [-0.1, -0.05) is 25.5 Å². The lowest BCUT2D eigenvalue weighted by atomic mass is 9.70. The van der Waals surface area contributed by atoms with Gasteiger partial charge >= 0.3 is 5.97 Å². The second-order valence-electron chi connectivity index (χ2n) is 9.33. The van der Waals surface area contributed by atoms with E-state index in [-0.39, 0.29) is 37.6 Å². The molecule has 0 saturated carbocycles. The van der Waals surface area contributed by atoms with Crippen LogP contribution in [0.25, 0.3) is 0 Å². The van der Waals surface area contributed by atoms with Gasteiger partial charge in [0, 0.05) is 25.7 Å². The monoisotopic (exact) mass is 462 g/mol. The Labute approximate surface area is 196 Å². The molecule has 3 rings (SSSR count). The number of aliphatic hydroxyl groups is 1. The van der Waals surface area contributed by atoms with E-state index in [1.54, 1.807) is 22.0 Å². The molecule has 0 radical (unpaired) electrons. The molecule has 8 heteroatoms. The van der Waals surface area contributed by atoms with Crippen molar-refractivity contribution in [3.05, 3.63) is 25.3 Å². The number of rotatable bonds is 13. The zero-order chi connectivity index (χ0) is 24.2. The van der Waals surface area contributed by atoms with Crippen LogP contribution in [0.2, 0.25) is 0 Å². The number of esters is 1. The van der Waals surface area contributed by atoms with Crippen LogP contribution in [0.4, 0.5) is 0 Å². The summed E-state index contributed by atoms with van der Waals surface area (Å²) < 4.78 is 11.8. The Morgan fingerprint density at radius 3 is 2.79 bits per heavy atom. The molecule has 3 aliphatic heterocycles. The molecule has 8 nitrogen and oxygen atoms in total. The van der Waals surface area contributed by atoms with Crippen molar-refractivity contribution in [2.24, 2.45) is 11.8 Å². The molecule has 0 aromatic rings. The van der Waals surface area contributed by atoms with Crippen molar-refractivity contribution in [2.45, 2.75) is 76.2 Å². The molecule has 2 amide bonds. The van der Waals surface area contributed by atoms with Crippen LogP contribution in [0.1, 0.15) is 52.4 Å². The van der Waals surface area contributed by atoms with Gasteiger partial charge in [0.05, 0.1) is 24.5 Å². The SMILES string of the molecule is C=CCCOC(=O)[C@@H]1[C@@H]2CCC3(O2)C(C(=O)N(CC=C)C(C)CCC)N(CCCO)C(=O)[C@H]13. The smallest absolute Gasteiger partial charge is 0.312 e. The van der Waals surface area contributed by atoms with E-state index in [1.165, 1.54) is 0 Å². The van der Waals surface area contributed by atoms with E-state index in [0.717, 1.165) is 12.8 Å². The molecule has 33 heavy (non-hydrogen) atoms. The van der Waals surface area contributed by atoms with Crippen LogP contribution in [-0.4, -0.2) is 82.8 Å². The third kappa shape index (κ3) is 4.47. The number of carbonyl (C=O) groups excluding carboxylic acids is 3. The van der Waals surface area contributed by atoms with Crippen molar-refractivity contribution in [1.82, 2.24) is 9.80 Å². The van der Waals surface area contributed by atoms with E-state index < -0.39 is 35.6 Å². The maximum atomic E-state index is 14.0. The predicted octanol–water partition coefficient (Wildman–Crippen LogP) is 2.07. The lowest BCUT2D eigenvalue weighted by Gasteiger charge is -2.38. The van der Waals surface area contributed by atoms with Gasteiger partial charge in [0.1, 0.15) is 11.6 Å². The average Bonchev–Trinajstić information content (AvgIpc) is 3.43. The van der Waals surface area contributed by atoms with Crippen LogP contribution in [0.15, 0.2) is 25.3 Å². The largest absolute Gasteiger partial charge is 0.465 e. The fourth-order valence-electron chi connectivity index (χ4n) is 5.88. The highest BCUT2D eigenvalue weighted by Gasteiger charge is 2.75. The summed E-state index contributed by atoms with van der Waals surface area (Å²) in [7, 11) is 0. The minimum absolute atomic E-state index is 0.0241. The van der Waals surface area contributed by atoms with E-state index in [9.17, 15) is 19.5 Å². The topological polar surface area (TPSA) is 96.4 Å². The number of fused-ring (bicyclic) bond motifs is 1. The van der Waals surface area contributed by atoms with Crippen LogP contribution >= 0.6 is 0 Å². The summed E-state index contributed by atoms with van der Waals surface area (Å²) in [6.45, 7) is 12.2. The summed E-state index contributed by atoms with van der Waals surface area (Å²) in [6, 6.07) is -0.846. The molecule has 3 fully saturated rings. The Morgan fingerprint density at radius 2 is 2.15 bits per heavy atom. The molecule has 3 heterocycles. The predicted molar refractivity (Wildman–Crippen MR) is 123 cm³/mol. The van der Waals surface area contributed by atoms with Gasteiger partial charge < -0.3 is 24.4 Å². The maximum Gasteiger partial charge on any atom is 0.312 e. The summed E-state index contributed by atoms with van der Waals surface area (Å²) >= 11 is 0. The van der Waals surface area contributed by atoms with Gasteiger partial charge in [-0.15, -0.1) is 13.2 Å². The van der Waals surface area contributed by atoms with E-state index >= 15 is 0 Å². The Morgan fingerprint density at radius 1 is 1.39 bits per heavy atom. The molecule has 6 atom stereocenters. The molecular weight excluding hydrogens is 424 g/mol. The summed E-state index contributed by atoms with van der Waals surface area (Å²) in [4.78, 5) is 43.9. The minimum atomic E-state index is -1.04. The lowest BCUT2D eigenvalue weighted by molar-refractivity contribution is -0.155. The number of nitrogens with zero attached hydrogens (tertiary/aromatic N) is 2. The first kappa shape index (κ1) is 25.4. The zero-order valence-electron chi connectivity index (χ0n) is 19.9. The molecule has 1 N–H and O–H groups in total. The second kappa shape index (κ2) is 10.8. The highest BCUT2D eigenvalue weighted by molar-refractivity contribution is 5.98. The Balaban J connectivity index is 1.96. The molecular formula is C25H38N2O6. The van der Waals surface area contributed by atoms with Crippen molar-refractivity contribution in [3.8, 4) is 0 Å². The fraction of sp³-hybridized carbons (Fsp3) is 0.720. The number of hydrogen-bond acceptors (Lipinski definition) is 6. The van der Waals surface area contributed by atoms with Crippen molar-refractivity contribution in [2.75, 3.05) is 26.3 Å². The van der Waals surface area contributed by atoms with Gasteiger partial charge in [0.2, 0.25) is 11.8 Å².